The van der Waals surface area contributed by atoms with Crippen LogP contribution in [0.2, 0.25) is 0 Å². The average Bonchev–Trinajstić information content (AvgIpc) is 2.79. The number of carboxylic acids is 1. The van der Waals surface area contributed by atoms with Gasteiger partial charge in [-0.2, -0.15) is 0 Å². The molecule has 1 aromatic rings. The molecule has 0 bridgehead atoms. The van der Waals surface area contributed by atoms with E-state index in [2.05, 4.69) is 4.90 Å². The molecule has 2 aliphatic heterocycles. The van der Waals surface area contributed by atoms with Gasteiger partial charge in [-0.15, -0.1) is 0 Å². The predicted octanol–water partition coefficient (Wildman–Crippen LogP) is 1.50. The molecular weight excluding hydrogens is 256 g/mol. The van der Waals surface area contributed by atoms with Gasteiger partial charge in [0.2, 0.25) is 5.91 Å². The molecule has 2 fully saturated rings. The minimum Gasteiger partial charge on any atom is -0.478 e. The Balaban J connectivity index is 1.89. The number of nitrogens with zero attached hydrogens (tertiary/aromatic N) is 2. The Morgan fingerprint density at radius 2 is 2.15 bits per heavy atom. The monoisotopic (exact) mass is 274 g/mol. The average molecular weight is 274 g/mol. The number of piperazine rings is 1. The molecule has 2 aliphatic rings. The summed E-state index contributed by atoms with van der Waals surface area (Å²) in [7, 11) is 0. The summed E-state index contributed by atoms with van der Waals surface area (Å²) in [5, 5.41) is 9.33. The highest BCUT2D eigenvalue weighted by Crippen LogP contribution is 2.29. The highest BCUT2D eigenvalue weighted by Gasteiger charge is 2.36. The smallest absolute Gasteiger partial charge is 0.337 e. The van der Waals surface area contributed by atoms with Crippen molar-refractivity contribution in [3.63, 3.8) is 0 Å². The van der Waals surface area contributed by atoms with Gasteiger partial charge in [-0.3, -0.25) is 4.79 Å². The Morgan fingerprint density at radius 3 is 2.90 bits per heavy atom. The van der Waals surface area contributed by atoms with Crippen molar-refractivity contribution in [3.8, 4) is 0 Å². The van der Waals surface area contributed by atoms with Crippen LogP contribution in [0.15, 0.2) is 18.2 Å². The number of aromatic carboxylic acids is 1. The zero-order chi connectivity index (χ0) is 14.3. The first-order chi connectivity index (χ1) is 9.56. The normalized spacial score (nSPS) is 22.1. The van der Waals surface area contributed by atoms with Gasteiger partial charge in [-0.1, -0.05) is 6.07 Å². The molecule has 5 heteroatoms. The first kappa shape index (κ1) is 13.0. The van der Waals surface area contributed by atoms with Crippen LogP contribution in [0.25, 0.3) is 0 Å². The van der Waals surface area contributed by atoms with Crippen LogP contribution in [0.3, 0.4) is 0 Å². The second-order valence-corrected chi connectivity index (χ2v) is 5.55. The van der Waals surface area contributed by atoms with Crippen LogP contribution in [0.4, 0.5) is 5.69 Å². The fraction of sp³-hybridized carbons (Fsp3) is 0.467. The summed E-state index contributed by atoms with van der Waals surface area (Å²) in [5.41, 5.74) is 2.17. The summed E-state index contributed by atoms with van der Waals surface area (Å²) in [5.74, 6) is -0.665. The van der Waals surface area contributed by atoms with E-state index in [1.165, 1.54) is 0 Å². The second-order valence-electron chi connectivity index (χ2n) is 5.55. The van der Waals surface area contributed by atoms with Crippen molar-refractivity contribution in [2.45, 2.75) is 25.8 Å². The van der Waals surface area contributed by atoms with Gasteiger partial charge < -0.3 is 14.9 Å². The molecule has 1 N–H and O–H groups in total. The van der Waals surface area contributed by atoms with E-state index in [-0.39, 0.29) is 11.9 Å². The van der Waals surface area contributed by atoms with Crippen molar-refractivity contribution in [3.05, 3.63) is 29.3 Å². The molecule has 1 unspecified atom stereocenters. The molecule has 1 amide bonds. The number of benzene rings is 1. The van der Waals surface area contributed by atoms with Crippen LogP contribution in [-0.4, -0.2) is 47.6 Å². The van der Waals surface area contributed by atoms with E-state index in [1.807, 2.05) is 24.0 Å². The Morgan fingerprint density at radius 1 is 1.35 bits per heavy atom. The summed E-state index contributed by atoms with van der Waals surface area (Å²) < 4.78 is 0. The number of hydrogen-bond donors (Lipinski definition) is 1. The molecule has 0 aromatic heterocycles. The van der Waals surface area contributed by atoms with Crippen molar-refractivity contribution in [2.75, 3.05) is 24.5 Å². The molecule has 0 aliphatic carbocycles. The van der Waals surface area contributed by atoms with Crippen molar-refractivity contribution < 1.29 is 14.7 Å². The number of anilines is 1. The van der Waals surface area contributed by atoms with Crippen LogP contribution in [0.5, 0.6) is 0 Å². The van der Waals surface area contributed by atoms with E-state index in [0.717, 1.165) is 24.2 Å². The van der Waals surface area contributed by atoms with E-state index in [0.29, 0.717) is 25.1 Å². The third kappa shape index (κ3) is 2.13. The quantitative estimate of drug-likeness (QED) is 0.888. The predicted molar refractivity (Wildman–Crippen MR) is 75.1 cm³/mol. The molecule has 2 heterocycles. The molecule has 0 radical (unpaired) electrons. The Labute approximate surface area is 117 Å². The number of carbonyl (C=O) groups excluding carboxylic acids is 1. The molecule has 1 aromatic carbocycles. The van der Waals surface area contributed by atoms with Crippen LogP contribution in [0.1, 0.15) is 28.8 Å². The van der Waals surface area contributed by atoms with E-state index < -0.39 is 5.97 Å². The van der Waals surface area contributed by atoms with E-state index in [9.17, 15) is 14.7 Å². The zero-order valence-electron chi connectivity index (χ0n) is 11.5. The summed E-state index contributed by atoms with van der Waals surface area (Å²) in [6.45, 7) is 4.09. The summed E-state index contributed by atoms with van der Waals surface area (Å²) in [6, 6.07) is 5.65. The number of carbonyl (C=O) groups is 2. The second kappa shape index (κ2) is 4.81. The van der Waals surface area contributed by atoms with Gasteiger partial charge in [-0.05, 0) is 31.0 Å². The molecule has 5 nitrogen and oxygen atoms in total. The van der Waals surface area contributed by atoms with Crippen LogP contribution in [-0.2, 0) is 4.79 Å². The third-order valence-electron chi connectivity index (χ3n) is 4.22. The van der Waals surface area contributed by atoms with Gasteiger partial charge in [0.15, 0.2) is 0 Å². The maximum absolute atomic E-state index is 11.7. The lowest BCUT2D eigenvalue weighted by Gasteiger charge is -2.39. The van der Waals surface area contributed by atoms with E-state index >= 15 is 0 Å². The van der Waals surface area contributed by atoms with E-state index in [1.54, 1.807) is 6.07 Å². The van der Waals surface area contributed by atoms with Crippen LogP contribution < -0.4 is 4.90 Å². The van der Waals surface area contributed by atoms with Gasteiger partial charge in [0.25, 0.3) is 0 Å². The maximum Gasteiger partial charge on any atom is 0.337 e. The van der Waals surface area contributed by atoms with Gasteiger partial charge in [0.1, 0.15) is 0 Å². The summed E-state index contributed by atoms with van der Waals surface area (Å²) >= 11 is 0. The minimum absolute atomic E-state index is 0.234. The number of amides is 1. The molecular formula is C15H18N2O3. The van der Waals surface area contributed by atoms with Gasteiger partial charge in [0.05, 0.1) is 11.3 Å². The zero-order valence-corrected chi connectivity index (χ0v) is 11.5. The highest BCUT2D eigenvalue weighted by atomic mass is 16.4. The summed E-state index contributed by atoms with van der Waals surface area (Å²) in [6.07, 6.45) is 1.50. The molecule has 0 saturated carbocycles. The fourth-order valence-corrected chi connectivity index (χ4v) is 3.17. The van der Waals surface area contributed by atoms with Crippen molar-refractivity contribution >= 4 is 17.6 Å². The SMILES string of the molecule is Cc1ccc(C(=O)O)c(N2CCN3C(=O)CCC3C2)c1. The Bertz CT molecular complexity index is 570. The molecule has 2 saturated heterocycles. The number of hydrogen-bond acceptors (Lipinski definition) is 3. The largest absolute Gasteiger partial charge is 0.478 e. The molecule has 3 rings (SSSR count). The minimum atomic E-state index is -0.898. The molecule has 0 spiro atoms. The maximum atomic E-state index is 11.7. The summed E-state index contributed by atoms with van der Waals surface area (Å²) in [4.78, 5) is 27.1. The molecule has 20 heavy (non-hydrogen) atoms. The van der Waals surface area contributed by atoms with Crippen molar-refractivity contribution in [1.29, 1.82) is 0 Å². The Hall–Kier alpha value is -2.04. The van der Waals surface area contributed by atoms with Crippen molar-refractivity contribution in [2.24, 2.45) is 0 Å². The lowest BCUT2D eigenvalue weighted by atomic mass is 10.1. The number of rotatable bonds is 2. The lowest BCUT2D eigenvalue weighted by Crippen LogP contribution is -2.51. The van der Waals surface area contributed by atoms with E-state index in [4.69, 9.17) is 0 Å². The topological polar surface area (TPSA) is 60.9 Å². The van der Waals surface area contributed by atoms with Gasteiger partial charge >= 0.3 is 5.97 Å². The number of aryl methyl sites for hydroxylation is 1. The highest BCUT2D eigenvalue weighted by molar-refractivity contribution is 5.94. The molecule has 106 valence electrons. The fourth-order valence-electron chi connectivity index (χ4n) is 3.17. The van der Waals surface area contributed by atoms with Gasteiger partial charge in [-0.25, -0.2) is 4.79 Å². The van der Waals surface area contributed by atoms with Gasteiger partial charge in [0, 0.05) is 32.1 Å². The Kier molecular flexibility index (Phi) is 3.12. The van der Waals surface area contributed by atoms with Crippen molar-refractivity contribution in [1.82, 2.24) is 4.90 Å². The molecule has 1 atom stereocenters. The first-order valence-electron chi connectivity index (χ1n) is 6.94. The number of fused-ring (bicyclic) bond motifs is 1. The first-order valence-corrected chi connectivity index (χ1v) is 6.94. The lowest BCUT2D eigenvalue weighted by molar-refractivity contribution is -0.129. The van der Waals surface area contributed by atoms with Crippen LogP contribution >= 0.6 is 0 Å². The standard InChI is InChI=1S/C15H18N2O3/c1-10-2-4-12(15(19)20)13(8-10)16-6-7-17-11(9-16)3-5-14(17)18/h2,4,8,11H,3,5-7,9H2,1H3,(H,19,20). The van der Waals surface area contributed by atoms with Crippen LogP contribution in [0, 0.1) is 6.92 Å². The number of carboxylic acid groups (broad SMARTS) is 1. The third-order valence-corrected chi connectivity index (χ3v) is 4.22.